The van der Waals surface area contributed by atoms with Crippen molar-refractivity contribution in [2.45, 2.75) is 26.3 Å². The minimum atomic E-state index is 0. The van der Waals surface area contributed by atoms with Crippen LogP contribution in [-0.2, 0) is 6.54 Å². The lowest BCUT2D eigenvalue weighted by Gasteiger charge is -2.05. The second kappa shape index (κ2) is 7.65. The van der Waals surface area contributed by atoms with Crippen LogP contribution in [-0.4, -0.2) is 6.61 Å². The van der Waals surface area contributed by atoms with Crippen molar-refractivity contribution >= 4 is 12.4 Å². The molecule has 0 spiro atoms. The Labute approximate surface area is 91.9 Å². The van der Waals surface area contributed by atoms with Gasteiger partial charge in [-0.15, -0.1) is 12.4 Å². The Morgan fingerprint density at radius 2 is 1.86 bits per heavy atom. The maximum absolute atomic E-state index is 5.51. The Balaban J connectivity index is 0.00000169. The molecule has 2 nitrogen and oxygen atoms in total. The SMILES string of the molecule is CCCCOc1ccc(CN)cc1.Cl. The average molecular weight is 216 g/mol. The van der Waals surface area contributed by atoms with Crippen LogP contribution in [0.15, 0.2) is 24.3 Å². The summed E-state index contributed by atoms with van der Waals surface area (Å²) in [6.07, 6.45) is 2.28. The van der Waals surface area contributed by atoms with Crippen LogP contribution in [0.2, 0.25) is 0 Å². The summed E-state index contributed by atoms with van der Waals surface area (Å²) in [4.78, 5) is 0. The fourth-order valence-electron chi connectivity index (χ4n) is 1.06. The van der Waals surface area contributed by atoms with E-state index in [9.17, 15) is 0 Å². The quantitative estimate of drug-likeness (QED) is 0.767. The van der Waals surface area contributed by atoms with Crippen LogP contribution in [0.1, 0.15) is 25.3 Å². The number of halogens is 1. The van der Waals surface area contributed by atoms with Crippen molar-refractivity contribution in [1.29, 1.82) is 0 Å². The second-order valence-corrected chi connectivity index (χ2v) is 3.05. The molecule has 0 aliphatic heterocycles. The van der Waals surface area contributed by atoms with Gasteiger partial charge in [0.25, 0.3) is 0 Å². The molecule has 0 bridgehead atoms. The number of benzene rings is 1. The van der Waals surface area contributed by atoms with E-state index < -0.39 is 0 Å². The van der Waals surface area contributed by atoms with E-state index in [0.717, 1.165) is 24.3 Å². The van der Waals surface area contributed by atoms with Crippen molar-refractivity contribution < 1.29 is 4.74 Å². The lowest BCUT2D eigenvalue weighted by Crippen LogP contribution is -1.98. The van der Waals surface area contributed by atoms with E-state index in [-0.39, 0.29) is 12.4 Å². The number of hydrogen-bond acceptors (Lipinski definition) is 2. The summed E-state index contributed by atoms with van der Waals surface area (Å²) < 4.78 is 5.51. The summed E-state index contributed by atoms with van der Waals surface area (Å²) in [5.74, 6) is 0.936. The lowest BCUT2D eigenvalue weighted by atomic mass is 10.2. The van der Waals surface area contributed by atoms with Gasteiger partial charge in [-0.3, -0.25) is 0 Å². The molecule has 0 aliphatic carbocycles. The van der Waals surface area contributed by atoms with Crippen LogP contribution in [0, 0.1) is 0 Å². The zero-order valence-electron chi connectivity index (χ0n) is 8.53. The minimum absolute atomic E-state index is 0. The van der Waals surface area contributed by atoms with Gasteiger partial charge in [-0.1, -0.05) is 25.5 Å². The van der Waals surface area contributed by atoms with Crippen molar-refractivity contribution in [3.8, 4) is 5.75 Å². The Morgan fingerprint density at radius 3 is 2.36 bits per heavy atom. The monoisotopic (exact) mass is 215 g/mol. The van der Waals surface area contributed by atoms with Crippen molar-refractivity contribution in [3.63, 3.8) is 0 Å². The molecule has 14 heavy (non-hydrogen) atoms. The second-order valence-electron chi connectivity index (χ2n) is 3.05. The molecule has 1 rings (SSSR count). The zero-order valence-corrected chi connectivity index (χ0v) is 9.35. The predicted octanol–water partition coefficient (Wildman–Crippen LogP) is 2.75. The van der Waals surface area contributed by atoms with Gasteiger partial charge in [0, 0.05) is 6.54 Å². The number of unbranched alkanes of at least 4 members (excludes halogenated alkanes) is 1. The molecular weight excluding hydrogens is 198 g/mol. The maximum Gasteiger partial charge on any atom is 0.119 e. The zero-order chi connectivity index (χ0) is 9.52. The summed E-state index contributed by atoms with van der Waals surface area (Å²) in [5.41, 5.74) is 6.62. The first-order chi connectivity index (χ1) is 6.36. The molecule has 0 fully saturated rings. The molecule has 0 amide bonds. The standard InChI is InChI=1S/C11H17NO.ClH/c1-2-3-8-13-11-6-4-10(9-12)5-7-11;/h4-7H,2-3,8-9,12H2,1H3;1H. The van der Waals surface area contributed by atoms with Gasteiger partial charge < -0.3 is 10.5 Å². The van der Waals surface area contributed by atoms with E-state index in [1.165, 1.54) is 6.42 Å². The Kier molecular flexibility index (Phi) is 7.25. The highest BCUT2D eigenvalue weighted by Crippen LogP contribution is 2.11. The molecule has 0 aliphatic rings. The highest BCUT2D eigenvalue weighted by molar-refractivity contribution is 5.85. The molecule has 0 saturated heterocycles. The van der Waals surface area contributed by atoms with Gasteiger partial charge in [0.2, 0.25) is 0 Å². The number of nitrogens with two attached hydrogens (primary N) is 1. The fourth-order valence-corrected chi connectivity index (χ4v) is 1.06. The van der Waals surface area contributed by atoms with E-state index in [1.807, 2.05) is 24.3 Å². The third kappa shape index (κ3) is 4.49. The Bertz CT molecular complexity index is 236. The summed E-state index contributed by atoms with van der Waals surface area (Å²) in [6.45, 7) is 3.55. The van der Waals surface area contributed by atoms with Gasteiger partial charge in [0.15, 0.2) is 0 Å². The Morgan fingerprint density at radius 1 is 1.21 bits per heavy atom. The van der Waals surface area contributed by atoms with Gasteiger partial charge >= 0.3 is 0 Å². The topological polar surface area (TPSA) is 35.2 Å². The molecule has 0 atom stereocenters. The van der Waals surface area contributed by atoms with Crippen LogP contribution < -0.4 is 10.5 Å². The smallest absolute Gasteiger partial charge is 0.119 e. The number of rotatable bonds is 5. The van der Waals surface area contributed by atoms with Crippen molar-refractivity contribution in [2.24, 2.45) is 5.73 Å². The first kappa shape index (κ1) is 13.3. The number of ether oxygens (including phenoxy) is 1. The minimum Gasteiger partial charge on any atom is -0.494 e. The molecule has 1 aromatic carbocycles. The van der Waals surface area contributed by atoms with Crippen LogP contribution >= 0.6 is 12.4 Å². The molecule has 2 N–H and O–H groups in total. The van der Waals surface area contributed by atoms with E-state index in [4.69, 9.17) is 10.5 Å². The largest absolute Gasteiger partial charge is 0.494 e. The van der Waals surface area contributed by atoms with Crippen LogP contribution in [0.25, 0.3) is 0 Å². The van der Waals surface area contributed by atoms with Gasteiger partial charge in [-0.05, 0) is 24.1 Å². The average Bonchev–Trinajstić information content (AvgIpc) is 2.19. The molecule has 0 saturated carbocycles. The molecule has 0 aromatic heterocycles. The fraction of sp³-hybridized carbons (Fsp3) is 0.455. The molecule has 0 unspecified atom stereocenters. The van der Waals surface area contributed by atoms with Crippen LogP contribution in [0.5, 0.6) is 5.75 Å². The molecule has 80 valence electrons. The highest BCUT2D eigenvalue weighted by Gasteiger charge is 1.93. The van der Waals surface area contributed by atoms with E-state index in [0.29, 0.717) is 6.54 Å². The van der Waals surface area contributed by atoms with Crippen LogP contribution in [0.3, 0.4) is 0 Å². The van der Waals surface area contributed by atoms with Crippen molar-refractivity contribution in [3.05, 3.63) is 29.8 Å². The normalized spacial score (nSPS) is 9.29. The van der Waals surface area contributed by atoms with Gasteiger partial charge in [0.1, 0.15) is 5.75 Å². The molecule has 0 heterocycles. The first-order valence-electron chi connectivity index (χ1n) is 4.78. The van der Waals surface area contributed by atoms with Gasteiger partial charge in [0.05, 0.1) is 6.61 Å². The molecular formula is C11H18ClNO. The van der Waals surface area contributed by atoms with Gasteiger partial charge in [-0.25, -0.2) is 0 Å². The predicted molar refractivity (Wildman–Crippen MR) is 62.0 cm³/mol. The van der Waals surface area contributed by atoms with Crippen LogP contribution in [0.4, 0.5) is 0 Å². The summed E-state index contributed by atoms with van der Waals surface area (Å²) in [7, 11) is 0. The van der Waals surface area contributed by atoms with E-state index in [2.05, 4.69) is 6.92 Å². The molecule has 0 radical (unpaired) electrons. The van der Waals surface area contributed by atoms with Crippen molar-refractivity contribution in [2.75, 3.05) is 6.61 Å². The van der Waals surface area contributed by atoms with Gasteiger partial charge in [-0.2, -0.15) is 0 Å². The molecule has 3 heteroatoms. The lowest BCUT2D eigenvalue weighted by molar-refractivity contribution is 0.309. The first-order valence-corrected chi connectivity index (χ1v) is 4.78. The Hall–Kier alpha value is -0.730. The van der Waals surface area contributed by atoms with E-state index in [1.54, 1.807) is 0 Å². The summed E-state index contributed by atoms with van der Waals surface area (Å²) in [6, 6.07) is 7.94. The van der Waals surface area contributed by atoms with Crippen molar-refractivity contribution in [1.82, 2.24) is 0 Å². The molecule has 1 aromatic rings. The highest BCUT2D eigenvalue weighted by atomic mass is 35.5. The number of hydrogen-bond donors (Lipinski definition) is 1. The summed E-state index contributed by atoms with van der Waals surface area (Å²) >= 11 is 0. The maximum atomic E-state index is 5.51. The third-order valence-corrected chi connectivity index (χ3v) is 1.93. The third-order valence-electron chi connectivity index (χ3n) is 1.93. The van der Waals surface area contributed by atoms with E-state index >= 15 is 0 Å². The summed E-state index contributed by atoms with van der Waals surface area (Å²) in [5, 5.41) is 0.